The Kier molecular flexibility index (Phi) is 3.33. The van der Waals surface area contributed by atoms with Crippen LogP contribution in [0.4, 0.5) is 0 Å². The summed E-state index contributed by atoms with van der Waals surface area (Å²) in [5.74, 6) is -0.135. The standard InChI is InChI=1S/C13H17NO3/c1-14-8-10(13(15)16)7-12(14)9-3-5-11(17-2)6-4-9/h3-6,10,12H,7-8H2,1-2H3,(H,15,16)/t10-,12-/m1/s1. The van der Waals surface area contributed by atoms with Crippen molar-refractivity contribution in [2.75, 3.05) is 20.7 Å². The maximum Gasteiger partial charge on any atom is 0.307 e. The molecule has 4 heteroatoms. The van der Waals surface area contributed by atoms with E-state index in [1.165, 1.54) is 0 Å². The van der Waals surface area contributed by atoms with Crippen LogP contribution in [-0.2, 0) is 4.79 Å². The third-order valence-corrected chi connectivity index (χ3v) is 3.40. The number of methoxy groups -OCH3 is 1. The van der Waals surface area contributed by atoms with Crippen LogP contribution in [0.15, 0.2) is 24.3 Å². The van der Waals surface area contributed by atoms with Crippen molar-refractivity contribution < 1.29 is 14.6 Å². The van der Waals surface area contributed by atoms with Gasteiger partial charge >= 0.3 is 5.97 Å². The summed E-state index contributed by atoms with van der Waals surface area (Å²) in [6.45, 7) is 0.617. The van der Waals surface area contributed by atoms with E-state index >= 15 is 0 Å². The number of ether oxygens (including phenoxy) is 1. The van der Waals surface area contributed by atoms with Gasteiger partial charge < -0.3 is 9.84 Å². The predicted octanol–water partition coefficient (Wildman–Crippen LogP) is 1.77. The molecule has 1 fully saturated rings. The molecule has 0 bridgehead atoms. The first kappa shape index (κ1) is 11.9. The van der Waals surface area contributed by atoms with Gasteiger partial charge in [-0.25, -0.2) is 0 Å². The minimum absolute atomic E-state index is 0.196. The van der Waals surface area contributed by atoms with Gasteiger partial charge in [0.25, 0.3) is 0 Å². The number of carbonyl (C=O) groups is 1. The second kappa shape index (κ2) is 4.75. The molecular formula is C13H17NO3. The van der Waals surface area contributed by atoms with Gasteiger partial charge in [0.15, 0.2) is 0 Å². The van der Waals surface area contributed by atoms with E-state index in [0.717, 1.165) is 11.3 Å². The highest BCUT2D eigenvalue weighted by molar-refractivity contribution is 5.70. The van der Waals surface area contributed by atoms with Gasteiger partial charge in [0.05, 0.1) is 13.0 Å². The van der Waals surface area contributed by atoms with Crippen LogP contribution >= 0.6 is 0 Å². The number of carboxylic acid groups (broad SMARTS) is 1. The lowest BCUT2D eigenvalue weighted by Gasteiger charge is -2.19. The van der Waals surface area contributed by atoms with Gasteiger partial charge in [0, 0.05) is 12.6 Å². The van der Waals surface area contributed by atoms with Crippen molar-refractivity contribution in [3.05, 3.63) is 29.8 Å². The third-order valence-electron chi connectivity index (χ3n) is 3.40. The molecule has 0 unspecified atom stereocenters. The van der Waals surface area contributed by atoms with Crippen LogP contribution in [0.25, 0.3) is 0 Å². The molecular weight excluding hydrogens is 218 g/mol. The Labute approximate surface area is 101 Å². The summed E-state index contributed by atoms with van der Waals surface area (Å²) in [5.41, 5.74) is 1.15. The van der Waals surface area contributed by atoms with Crippen molar-refractivity contribution in [1.29, 1.82) is 0 Å². The molecule has 1 heterocycles. The molecule has 92 valence electrons. The number of benzene rings is 1. The van der Waals surface area contributed by atoms with E-state index in [0.29, 0.717) is 13.0 Å². The molecule has 0 radical (unpaired) electrons. The summed E-state index contributed by atoms with van der Waals surface area (Å²) >= 11 is 0. The van der Waals surface area contributed by atoms with Gasteiger partial charge in [-0.05, 0) is 31.2 Å². The largest absolute Gasteiger partial charge is 0.497 e. The Morgan fingerprint density at radius 3 is 2.53 bits per heavy atom. The molecule has 1 aliphatic heterocycles. The first-order valence-corrected chi connectivity index (χ1v) is 5.69. The van der Waals surface area contributed by atoms with Crippen molar-refractivity contribution >= 4 is 5.97 Å². The SMILES string of the molecule is COc1ccc([C@H]2C[C@@H](C(=O)O)CN2C)cc1. The van der Waals surface area contributed by atoms with Gasteiger partial charge in [0.2, 0.25) is 0 Å². The molecule has 0 aromatic heterocycles. The molecule has 0 amide bonds. The highest BCUT2D eigenvalue weighted by atomic mass is 16.5. The number of carboxylic acids is 1. The molecule has 0 spiro atoms. The minimum Gasteiger partial charge on any atom is -0.497 e. The minimum atomic E-state index is -0.701. The molecule has 1 aromatic carbocycles. The van der Waals surface area contributed by atoms with Gasteiger partial charge in [0.1, 0.15) is 5.75 Å². The molecule has 0 saturated carbocycles. The van der Waals surface area contributed by atoms with Gasteiger partial charge in [-0.1, -0.05) is 12.1 Å². The lowest BCUT2D eigenvalue weighted by Crippen LogP contribution is -2.20. The monoisotopic (exact) mass is 235 g/mol. The molecule has 1 aromatic rings. The molecule has 4 nitrogen and oxygen atoms in total. The zero-order valence-corrected chi connectivity index (χ0v) is 10.1. The van der Waals surface area contributed by atoms with E-state index in [-0.39, 0.29) is 12.0 Å². The van der Waals surface area contributed by atoms with Gasteiger partial charge in [-0.15, -0.1) is 0 Å². The highest BCUT2D eigenvalue weighted by Crippen LogP contribution is 2.34. The van der Waals surface area contributed by atoms with E-state index in [2.05, 4.69) is 4.90 Å². The van der Waals surface area contributed by atoms with Crippen LogP contribution in [0.2, 0.25) is 0 Å². The number of hydrogen-bond acceptors (Lipinski definition) is 3. The zero-order valence-electron chi connectivity index (χ0n) is 10.1. The summed E-state index contributed by atoms with van der Waals surface area (Å²) in [6, 6.07) is 8.03. The van der Waals surface area contributed by atoms with Gasteiger partial charge in [-0.2, -0.15) is 0 Å². The lowest BCUT2D eigenvalue weighted by molar-refractivity contribution is -0.141. The molecule has 0 aliphatic carbocycles. The Morgan fingerprint density at radius 2 is 2.06 bits per heavy atom. The number of rotatable bonds is 3. The molecule has 17 heavy (non-hydrogen) atoms. The number of hydrogen-bond donors (Lipinski definition) is 1. The fourth-order valence-electron chi connectivity index (χ4n) is 2.39. The van der Waals surface area contributed by atoms with Crippen LogP contribution in [0, 0.1) is 5.92 Å². The van der Waals surface area contributed by atoms with E-state index < -0.39 is 5.97 Å². The smallest absolute Gasteiger partial charge is 0.307 e. The van der Waals surface area contributed by atoms with E-state index in [9.17, 15) is 4.79 Å². The zero-order chi connectivity index (χ0) is 12.4. The molecule has 1 saturated heterocycles. The molecule has 1 aliphatic rings. The summed E-state index contributed by atoms with van der Waals surface area (Å²) < 4.78 is 5.11. The predicted molar refractivity (Wildman–Crippen MR) is 64.1 cm³/mol. The van der Waals surface area contributed by atoms with Crippen LogP contribution in [0.5, 0.6) is 5.75 Å². The van der Waals surface area contributed by atoms with Gasteiger partial charge in [-0.3, -0.25) is 9.69 Å². The summed E-state index contributed by atoms with van der Waals surface area (Å²) in [4.78, 5) is 13.1. The maximum absolute atomic E-state index is 11.0. The second-order valence-electron chi connectivity index (χ2n) is 4.50. The first-order valence-electron chi connectivity index (χ1n) is 5.69. The molecule has 2 atom stereocenters. The average Bonchev–Trinajstić information content (AvgIpc) is 2.72. The average molecular weight is 235 g/mol. The van der Waals surface area contributed by atoms with Crippen LogP contribution in [-0.4, -0.2) is 36.7 Å². The van der Waals surface area contributed by atoms with E-state index in [1.807, 2.05) is 31.3 Å². The normalized spacial score (nSPS) is 24.8. The quantitative estimate of drug-likeness (QED) is 0.867. The van der Waals surface area contributed by atoms with Crippen molar-refractivity contribution in [3.63, 3.8) is 0 Å². The Bertz CT molecular complexity index is 402. The second-order valence-corrected chi connectivity index (χ2v) is 4.50. The maximum atomic E-state index is 11.0. The van der Waals surface area contributed by atoms with E-state index in [1.54, 1.807) is 7.11 Å². The lowest BCUT2D eigenvalue weighted by atomic mass is 10.00. The Hall–Kier alpha value is -1.55. The molecule has 2 rings (SSSR count). The van der Waals surface area contributed by atoms with Crippen LogP contribution < -0.4 is 4.74 Å². The van der Waals surface area contributed by atoms with Crippen molar-refractivity contribution in [3.8, 4) is 5.75 Å². The highest BCUT2D eigenvalue weighted by Gasteiger charge is 2.34. The molecule has 1 N–H and O–H groups in total. The fourth-order valence-corrected chi connectivity index (χ4v) is 2.39. The Balaban J connectivity index is 2.14. The first-order chi connectivity index (χ1) is 8.11. The van der Waals surface area contributed by atoms with Crippen molar-refractivity contribution in [2.45, 2.75) is 12.5 Å². The number of likely N-dealkylation sites (tertiary alicyclic amines) is 1. The summed E-state index contributed by atoms with van der Waals surface area (Å²) in [6.07, 6.45) is 0.679. The number of aliphatic carboxylic acids is 1. The fraction of sp³-hybridized carbons (Fsp3) is 0.462. The summed E-state index contributed by atoms with van der Waals surface area (Å²) in [7, 11) is 3.61. The van der Waals surface area contributed by atoms with Crippen LogP contribution in [0.3, 0.4) is 0 Å². The summed E-state index contributed by atoms with van der Waals surface area (Å²) in [5, 5.41) is 9.03. The van der Waals surface area contributed by atoms with E-state index in [4.69, 9.17) is 9.84 Å². The van der Waals surface area contributed by atoms with Crippen LogP contribution in [0.1, 0.15) is 18.0 Å². The topological polar surface area (TPSA) is 49.8 Å². The number of nitrogens with zero attached hydrogens (tertiary/aromatic N) is 1. The van der Waals surface area contributed by atoms with Crippen molar-refractivity contribution in [1.82, 2.24) is 4.90 Å². The third kappa shape index (κ3) is 2.42. The Morgan fingerprint density at radius 1 is 1.41 bits per heavy atom. The van der Waals surface area contributed by atoms with Crippen molar-refractivity contribution in [2.24, 2.45) is 5.92 Å².